The normalized spacial score (nSPS) is 17.6. The van der Waals surface area contributed by atoms with Crippen LogP contribution in [0.25, 0.3) is 0 Å². The molecule has 3 nitrogen and oxygen atoms in total. The minimum Gasteiger partial charge on any atom is -0.481 e. The smallest absolute Gasteiger partial charge is 0.306 e. The van der Waals surface area contributed by atoms with E-state index in [-0.39, 0.29) is 30.7 Å². The fourth-order valence-corrected chi connectivity index (χ4v) is 3.09. The predicted molar refractivity (Wildman–Crippen MR) is 93.8 cm³/mol. The summed E-state index contributed by atoms with van der Waals surface area (Å²) in [4.78, 5) is 13.7. The summed E-state index contributed by atoms with van der Waals surface area (Å²) in [6.45, 7) is 7.70. The average Bonchev–Trinajstić information content (AvgIpc) is 2.40. The molecule has 0 spiro atoms. The van der Waals surface area contributed by atoms with Crippen molar-refractivity contribution in [1.29, 1.82) is 0 Å². The third-order valence-corrected chi connectivity index (χ3v) is 4.45. The molecule has 128 valence electrons. The maximum Gasteiger partial charge on any atom is 0.306 e. The molecule has 1 aliphatic rings. The zero-order valence-electron chi connectivity index (χ0n) is 13.6. The molecule has 0 aromatic heterocycles. The van der Waals surface area contributed by atoms with E-state index in [0.29, 0.717) is 0 Å². The van der Waals surface area contributed by atoms with Crippen LogP contribution in [0.5, 0.6) is 0 Å². The van der Waals surface area contributed by atoms with Crippen LogP contribution >= 0.6 is 24.8 Å². The van der Waals surface area contributed by atoms with Gasteiger partial charge in [0, 0.05) is 0 Å². The van der Waals surface area contributed by atoms with E-state index in [1.807, 2.05) is 0 Å². The van der Waals surface area contributed by atoms with Crippen LogP contribution in [0.15, 0.2) is 0 Å². The molecular weight excluding hydrogens is 309 g/mol. The molecule has 5 heteroatoms. The Morgan fingerprint density at radius 3 is 2.24 bits per heavy atom. The number of carboxylic acids is 1. The van der Waals surface area contributed by atoms with Crippen molar-refractivity contribution >= 4 is 30.8 Å². The Bertz CT molecular complexity index is 257. The summed E-state index contributed by atoms with van der Waals surface area (Å²) >= 11 is 0. The molecule has 0 saturated carbocycles. The number of hydrogen-bond donors (Lipinski definition) is 1. The zero-order valence-corrected chi connectivity index (χ0v) is 15.2. The molecular formula is C16H33Cl2NO2. The zero-order chi connectivity index (χ0) is 14.1. The lowest BCUT2D eigenvalue weighted by atomic mass is 9.92. The van der Waals surface area contributed by atoms with Gasteiger partial charge in [-0.15, -0.1) is 24.8 Å². The summed E-state index contributed by atoms with van der Waals surface area (Å²) in [6.07, 6.45) is 9.07. The van der Waals surface area contributed by atoms with Gasteiger partial charge in [-0.05, 0) is 51.2 Å². The number of carboxylic acid groups (broad SMARTS) is 1. The molecule has 0 radical (unpaired) electrons. The maximum atomic E-state index is 11.2. The van der Waals surface area contributed by atoms with E-state index < -0.39 is 5.97 Å². The number of unbranched alkanes of at least 4 members (excludes halogenated alkanes) is 1. The highest BCUT2D eigenvalue weighted by Gasteiger charge is 2.21. The third kappa shape index (κ3) is 9.59. The standard InChI is InChI=1S/C16H31NO2.2ClH/c1-3-5-7-15(16(18)19)10-13-17-11-8-14(6-4-2)9-12-17;;/h14-15H,3-13H2,1-2H3,(H,18,19);2*1H. The van der Waals surface area contributed by atoms with E-state index >= 15 is 0 Å². The van der Waals surface area contributed by atoms with Gasteiger partial charge in [0.05, 0.1) is 5.92 Å². The third-order valence-electron chi connectivity index (χ3n) is 4.45. The van der Waals surface area contributed by atoms with Gasteiger partial charge in [-0.25, -0.2) is 0 Å². The first kappa shape index (κ1) is 23.3. The summed E-state index contributed by atoms with van der Waals surface area (Å²) in [7, 11) is 0. The van der Waals surface area contributed by atoms with Crippen LogP contribution in [-0.4, -0.2) is 35.6 Å². The number of rotatable bonds is 9. The first-order chi connectivity index (χ1) is 9.17. The van der Waals surface area contributed by atoms with Crippen molar-refractivity contribution in [3.05, 3.63) is 0 Å². The first-order valence-corrected chi connectivity index (χ1v) is 8.12. The van der Waals surface area contributed by atoms with Gasteiger partial charge < -0.3 is 10.0 Å². The molecule has 1 atom stereocenters. The fourth-order valence-electron chi connectivity index (χ4n) is 3.09. The Morgan fingerprint density at radius 2 is 1.76 bits per heavy atom. The van der Waals surface area contributed by atoms with Crippen molar-refractivity contribution in [1.82, 2.24) is 4.90 Å². The van der Waals surface area contributed by atoms with Crippen LogP contribution in [0, 0.1) is 11.8 Å². The van der Waals surface area contributed by atoms with Gasteiger partial charge >= 0.3 is 5.97 Å². The van der Waals surface area contributed by atoms with Gasteiger partial charge in [-0.2, -0.15) is 0 Å². The topological polar surface area (TPSA) is 40.5 Å². The summed E-state index contributed by atoms with van der Waals surface area (Å²) in [6, 6.07) is 0. The summed E-state index contributed by atoms with van der Waals surface area (Å²) < 4.78 is 0. The average molecular weight is 342 g/mol. The minimum absolute atomic E-state index is 0. The monoisotopic (exact) mass is 341 g/mol. The van der Waals surface area contributed by atoms with Gasteiger partial charge in [0.1, 0.15) is 0 Å². The molecule has 0 bridgehead atoms. The molecule has 21 heavy (non-hydrogen) atoms. The predicted octanol–water partition coefficient (Wildman–Crippen LogP) is 4.62. The van der Waals surface area contributed by atoms with Gasteiger partial charge in [-0.1, -0.05) is 39.5 Å². The van der Waals surface area contributed by atoms with Crippen LogP contribution < -0.4 is 0 Å². The second-order valence-corrected chi connectivity index (χ2v) is 6.04. The van der Waals surface area contributed by atoms with E-state index in [4.69, 9.17) is 0 Å². The van der Waals surface area contributed by atoms with Crippen molar-refractivity contribution in [2.45, 2.75) is 65.2 Å². The molecule has 1 aliphatic heterocycles. The number of piperidine rings is 1. The van der Waals surface area contributed by atoms with E-state index in [0.717, 1.165) is 38.1 Å². The summed E-state index contributed by atoms with van der Waals surface area (Å²) in [5.41, 5.74) is 0. The van der Waals surface area contributed by atoms with Crippen molar-refractivity contribution in [3.63, 3.8) is 0 Å². The highest BCUT2D eigenvalue weighted by Crippen LogP contribution is 2.22. The second-order valence-electron chi connectivity index (χ2n) is 6.04. The van der Waals surface area contributed by atoms with Crippen LogP contribution in [-0.2, 0) is 4.79 Å². The highest BCUT2D eigenvalue weighted by atomic mass is 35.5. The Kier molecular flexibility index (Phi) is 15.1. The van der Waals surface area contributed by atoms with E-state index in [2.05, 4.69) is 18.7 Å². The molecule has 1 N–H and O–H groups in total. The molecule has 1 saturated heterocycles. The molecule has 0 aliphatic carbocycles. The molecule has 1 heterocycles. The molecule has 0 aromatic rings. The second kappa shape index (κ2) is 13.7. The van der Waals surface area contributed by atoms with Crippen LogP contribution in [0.3, 0.4) is 0 Å². The minimum atomic E-state index is -0.602. The Balaban J connectivity index is 0. The van der Waals surface area contributed by atoms with Crippen LogP contribution in [0.1, 0.15) is 65.2 Å². The van der Waals surface area contributed by atoms with Crippen molar-refractivity contribution in [2.24, 2.45) is 11.8 Å². The quantitative estimate of drug-likeness (QED) is 0.664. The van der Waals surface area contributed by atoms with Crippen molar-refractivity contribution < 1.29 is 9.90 Å². The van der Waals surface area contributed by atoms with E-state index in [1.54, 1.807) is 0 Å². The number of halogens is 2. The van der Waals surface area contributed by atoms with Gasteiger partial charge in [0.15, 0.2) is 0 Å². The number of hydrogen-bond acceptors (Lipinski definition) is 2. The number of aliphatic carboxylic acids is 1. The SMILES string of the molecule is CCCCC(CCN1CCC(CCC)CC1)C(=O)O.Cl.Cl. The first-order valence-electron chi connectivity index (χ1n) is 8.12. The van der Waals surface area contributed by atoms with Crippen LogP contribution in [0.4, 0.5) is 0 Å². The van der Waals surface area contributed by atoms with Gasteiger partial charge in [-0.3, -0.25) is 4.79 Å². The van der Waals surface area contributed by atoms with Crippen molar-refractivity contribution in [3.8, 4) is 0 Å². The Labute approximate surface area is 142 Å². The molecule has 1 fully saturated rings. The highest BCUT2D eigenvalue weighted by molar-refractivity contribution is 5.85. The summed E-state index contributed by atoms with van der Waals surface area (Å²) in [5.74, 6) is 0.180. The molecule has 0 aromatic carbocycles. The molecule has 0 amide bonds. The maximum absolute atomic E-state index is 11.2. The van der Waals surface area contributed by atoms with E-state index in [9.17, 15) is 9.90 Å². The van der Waals surface area contributed by atoms with E-state index in [1.165, 1.54) is 38.8 Å². The fraction of sp³-hybridized carbons (Fsp3) is 0.938. The van der Waals surface area contributed by atoms with Crippen LogP contribution in [0.2, 0.25) is 0 Å². The van der Waals surface area contributed by atoms with Gasteiger partial charge in [0.2, 0.25) is 0 Å². The Hall–Kier alpha value is 0.01000. The number of likely N-dealkylation sites (tertiary alicyclic amines) is 1. The lowest BCUT2D eigenvalue weighted by molar-refractivity contribution is -0.142. The number of nitrogens with zero attached hydrogens (tertiary/aromatic N) is 1. The number of carbonyl (C=O) groups is 1. The molecule has 1 rings (SSSR count). The lowest BCUT2D eigenvalue weighted by Crippen LogP contribution is -2.35. The largest absolute Gasteiger partial charge is 0.481 e. The summed E-state index contributed by atoms with van der Waals surface area (Å²) in [5, 5.41) is 9.22. The molecule has 1 unspecified atom stereocenters. The lowest BCUT2D eigenvalue weighted by Gasteiger charge is -2.32. The van der Waals surface area contributed by atoms with Gasteiger partial charge in [0.25, 0.3) is 0 Å². The van der Waals surface area contributed by atoms with Crippen molar-refractivity contribution in [2.75, 3.05) is 19.6 Å². The Morgan fingerprint density at radius 1 is 1.14 bits per heavy atom.